The Morgan fingerprint density at radius 2 is 1.84 bits per heavy atom. The molecule has 2 aliphatic heterocycles. The molecule has 37 heavy (non-hydrogen) atoms. The van der Waals surface area contributed by atoms with Crippen LogP contribution in [-0.4, -0.2) is 58.4 Å². The molecule has 0 aromatic rings. The molecule has 0 aromatic heterocycles. The first-order valence-corrected chi connectivity index (χ1v) is 13.6. The number of allylic oxidation sites excluding steroid dienone is 7. The Kier molecular flexibility index (Phi) is 8.53. The van der Waals surface area contributed by atoms with Gasteiger partial charge in [-0.25, -0.2) is 0 Å². The minimum Gasteiger partial charge on any atom is -0.507 e. The lowest BCUT2D eigenvalue weighted by Gasteiger charge is -2.27. The van der Waals surface area contributed by atoms with E-state index in [0.29, 0.717) is 23.7 Å². The number of amides is 2. The summed E-state index contributed by atoms with van der Waals surface area (Å²) in [4.78, 5) is 39.0. The van der Waals surface area contributed by atoms with Crippen LogP contribution in [0.1, 0.15) is 46.0 Å². The number of nitrogens with one attached hydrogen (secondary N) is 1. The smallest absolute Gasteiger partial charge is 0.261 e. The second-order valence-corrected chi connectivity index (χ2v) is 11.1. The van der Waals surface area contributed by atoms with Gasteiger partial charge in [-0.1, -0.05) is 56.7 Å². The molecule has 2 saturated carbocycles. The average Bonchev–Trinajstić information content (AvgIpc) is 3.43. The van der Waals surface area contributed by atoms with E-state index in [1.165, 1.54) is 38.5 Å². The number of rotatable bonds is 1. The topological polar surface area (TPSA) is 107 Å². The van der Waals surface area contributed by atoms with E-state index in [4.69, 9.17) is 0 Å². The van der Waals surface area contributed by atoms with Crippen LogP contribution in [0.4, 0.5) is 0 Å². The highest BCUT2D eigenvalue weighted by molar-refractivity contribution is 6.27. The third-order valence-electron chi connectivity index (χ3n) is 9.10. The number of aliphatic hydroxyl groups is 2. The Hall–Kier alpha value is -2.93. The fourth-order valence-corrected chi connectivity index (χ4v) is 7.25. The number of likely N-dealkylation sites (N-methyl/N-ethyl adjacent to an activating group) is 1. The number of hydrogen-bond donors (Lipinski definition) is 3. The van der Waals surface area contributed by atoms with E-state index in [0.717, 1.165) is 23.2 Å². The molecule has 7 heteroatoms. The van der Waals surface area contributed by atoms with E-state index in [9.17, 15) is 24.6 Å². The molecule has 3 fully saturated rings. The molecule has 2 bridgehead atoms. The molecule has 1 unspecified atom stereocenters. The molecule has 0 radical (unpaired) electrons. The first-order valence-electron chi connectivity index (χ1n) is 13.6. The van der Waals surface area contributed by atoms with Gasteiger partial charge in [0, 0.05) is 19.7 Å². The van der Waals surface area contributed by atoms with E-state index in [2.05, 4.69) is 31.3 Å². The Balaban J connectivity index is 1.60. The maximum atomic E-state index is 12.9. The monoisotopic (exact) mass is 508 g/mol. The van der Waals surface area contributed by atoms with Crippen molar-refractivity contribution in [1.82, 2.24) is 10.2 Å². The van der Waals surface area contributed by atoms with E-state index in [1.807, 2.05) is 12.2 Å². The van der Waals surface area contributed by atoms with Crippen molar-refractivity contribution in [2.45, 2.75) is 58.1 Å². The standard InChI is InChI=1S/C30H40N2O5/c1-4-19-16-21-17-20-10-8-9-13-25(35)31-15-14-24(34)28-29(36)27(30(37)32(28)3)23(33)12-7-5-6-11-22(20)26(21)18(19)2/h5-10,12-13,18-22,24,26,28,33-34H,4,11,14-17H2,1-3H3,(H,31,35)/b6-5-,10-8-,12-7+,13-9+,27-23?/t18-,19+,20+,21+,22+,24-,26?,28-/m0/s1. The van der Waals surface area contributed by atoms with Crippen molar-refractivity contribution in [3.63, 3.8) is 0 Å². The molecule has 2 aliphatic carbocycles. The van der Waals surface area contributed by atoms with Gasteiger partial charge in [0.15, 0.2) is 5.78 Å². The Labute approximate surface area is 219 Å². The summed E-state index contributed by atoms with van der Waals surface area (Å²) in [5.41, 5.74) is -0.313. The molecule has 3 N–H and O–H groups in total. The number of hydrogen-bond acceptors (Lipinski definition) is 5. The van der Waals surface area contributed by atoms with Gasteiger partial charge in [0.1, 0.15) is 17.4 Å². The van der Waals surface area contributed by atoms with Crippen LogP contribution in [-0.2, 0) is 14.4 Å². The summed E-state index contributed by atoms with van der Waals surface area (Å²) in [6.07, 6.45) is 18.0. The zero-order valence-electron chi connectivity index (χ0n) is 22.0. The summed E-state index contributed by atoms with van der Waals surface area (Å²) < 4.78 is 0. The summed E-state index contributed by atoms with van der Waals surface area (Å²) in [6.45, 7) is 4.84. The normalized spacial score (nSPS) is 40.6. The Morgan fingerprint density at radius 1 is 1.08 bits per heavy atom. The first-order chi connectivity index (χ1) is 17.7. The van der Waals surface area contributed by atoms with Crippen molar-refractivity contribution in [3.8, 4) is 0 Å². The maximum absolute atomic E-state index is 12.9. The summed E-state index contributed by atoms with van der Waals surface area (Å²) >= 11 is 0. The largest absolute Gasteiger partial charge is 0.507 e. The maximum Gasteiger partial charge on any atom is 0.261 e. The van der Waals surface area contributed by atoms with Crippen molar-refractivity contribution >= 4 is 17.6 Å². The van der Waals surface area contributed by atoms with Gasteiger partial charge in [0.25, 0.3) is 5.91 Å². The van der Waals surface area contributed by atoms with Crippen molar-refractivity contribution in [3.05, 3.63) is 59.9 Å². The SMILES string of the molecule is CC[C@@H]1C[C@@H]2C[C@H]3/C=C\C=C\C(=O)NCC[C@H](O)[C@H]4C(=O)C(=C(O)/C=C/C=C\C[C@H]3C2[C@H]1C)C(=O)N4C. The predicted molar refractivity (Wildman–Crippen MR) is 142 cm³/mol. The minimum absolute atomic E-state index is 0.0968. The Morgan fingerprint density at radius 3 is 2.59 bits per heavy atom. The summed E-state index contributed by atoms with van der Waals surface area (Å²) in [5, 5.41) is 23.8. The predicted octanol–water partition coefficient (Wildman–Crippen LogP) is 3.64. The average molecular weight is 509 g/mol. The van der Waals surface area contributed by atoms with Gasteiger partial charge in [-0.05, 0) is 67.3 Å². The number of ketones is 1. The number of nitrogens with zero attached hydrogens (tertiary/aromatic N) is 1. The highest BCUT2D eigenvalue weighted by Crippen LogP contribution is 2.57. The number of fused-ring (bicyclic) bond motifs is 5. The van der Waals surface area contributed by atoms with Gasteiger partial charge in [0.05, 0.1) is 6.10 Å². The molecule has 2 amide bonds. The molecule has 4 rings (SSSR count). The number of carbonyl (C=O) groups excluding carboxylic acids is 3. The van der Waals surface area contributed by atoms with Crippen LogP contribution in [0.2, 0.25) is 0 Å². The van der Waals surface area contributed by atoms with Gasteiger partial charge in [-0.3, -0.25) is 14.4 Å². The molecule has 8 atom stereocenters. The van der Waals surface area contributed by atoms with Crippen molar-refractivity contribution in [1.29, 1.82) is 0 Å². The fraction of sp³-hybridized carbons (Fsp3) is 0.567. The van der Waals surface area contributed by atoms with E-state index in [1.54, 1.807) is 12.2 Å². The second kappa shape index (κ2) is 11.6. The van der Waals surface area contributed by atoms with E-state index < -0.39 is 29.6 Å². The number of carbonyl (C=O) groups is 3. The van der Waals surface area contributed by atoms with Crippen LogP contribution in [0.3, 0.4) is 0 Å². The lowest BCUT2D eigenvalue weighted by atomic mass is 9.78. The quantitative estimate of drug-likeness (QED) is 0.469. The third-order valence-corrected chi connectivity index (χ3v) is 9.10. The van der Waals surface area contributed by atoms with Gasteiger partial charge in [-0.15, -0.1) is 0 Å². The molecule has 4 aliphatic rings. The van der Waals surface area contributed by atoms with Crippen LogP contribution >= 0.6 is 0 Å². The zero-order chi connectivity index (χ0) is 26.7. The van der Waals surface area contributed by atoms with Crippen molar-refractivity contribution in [2.75, 3.05) is 13.6 Å². The molecule has 7 nitrogen and oxygen atoms in total. The van der Waals surface area contributed by atoms with Crippen molar-refractivity contribution < 1.29 is 24.6 Å². The molecular weight excluding hydrogens is 468 g/mol. The van der Waals surface area contributed by atoms with Crippen LogP contribution in [0.15, 0.2) is 59.9 Å². The lowest BCUT2D eigenvalue weighted by Crippen LogP contribution is -2.43. The van der Waals surface area contributed by atoms with Gasteiger partial charge in [-0.2, -0.15) is 0 Å². The molecule has 0 spiro atoms. The van der Waals surface area contributed by atoms with Gasteiger partial charge in [0.2, 0.25) is 5.91 Å². The first kappa shape index (κ1) is 27.1. The fourth-order valence-electron chi connectivity index (χ4n) is 7.25. The third kappa shape index (κ3) is 5.52. The lowest BCUT2D eigenvalue weighted by molar-refractivity contribution is -0.128. The zero-order valence-corrected chi connectivity index (χ0v) is 22.0. The molecule has 200 valence electrons. The van der Waals surface area contributed by atoms with E-state index >= 15 is 0 Å². The summed E-state index contributed by atoms with van der Waals surface area (Å²) in [7, 11) is 1.43. The Bertz CT molecular complexity index is 1050. The minimum atomic E-state index is -1.17. The molecule has 0 aromatic carbocycles. The van der Waals surface area contributed by atoms with Crippen LogP contribution < -0.4 is 5.32 Å². The molecular formula is C30H40N2O5. The molecule has 1 saturated heterocycles. The van der Waals surface area contributed by atoms with Gasteiger partial charge >= 0.3 is 0 Å². The molecule has 2 heterocycles. The summed E-state index contributed by atoms with van der Waals surface area (Å²) in [6, 6.07) is -1.10. The van der Waals surface area contributed by atoms with Crippen LogP contribution in [0, 0.1) is 35.5 Å². The number of aliphatic hydroxyl groups excluding tert-OH is 2. The second-order valence-electron chi connectivity index (χ2n) is 11.1. The van der Waals surface area contributed by atoms with E-state index in [-0.39, 0.29) is 24.4 Å². The van der Waals surface area contributed by atoms with Crippen molar-refractivity contribution in [2.24, 2.45) is 35.5 Å². The highest BCUT2D eigenvalue weighted by atomic mass is 16.3. The number of Topliss-reactive ketones (excluding diaryl/α,β-unsaturated/α-hetero) is 1. The summed E-state index contributed by atoms with van der Waals surface area (Å²) in [5.74, 6) is 1.89. The number of likely N-dealkylation sites (tertiary alicyclic amines) is 1. The highest BCUT2D eigenvalue weighted by Gasteiger charge is 2.50. The van der Waals surface area contributed by atoms with Gasteiger partial charge < -0.3 is 20.4 Å². The van der Waals surface area contributed by atoms with Crippen LogP contribution in [0.25, 0.3) is 0 Å². The van der Waals surface area contributed by atoms with Crippen LogP contribution in [0.5, 0.6) is 0 Å².